The molecular formula is C7H15CeNOS. The molecule has 0 radical (unpaired) electrons. The number of piperidine rings is 3. The average Bonchev–Trinajstić information content (AvgIpc) is 2.11. The SMILES string of the molecule is C1CN2CCC1CC2.OS.[Ce]. The first-order chi connectivity index (χ1) is 4.95. The molecule has 0 amide bonds. The van der Waals surface area contributed by atoms with Gasteiger partial charge >= 0.3 is 0 Å². The number of thiol groups is 1. The van der Waals surface area contributed by atoms with Crippen molar-refractivity contribution < 1.29 is 46.3 Å². The van der Waals surface area contributed by atoms with E-state index in [1.807, 2.05) is 0 Å². The van der Waals surface area contributed by atoms with Gasteiger partial charge in [-0.05, 0) is 57.7 Å². The van der Waals surface area contributed by atoms with Crippen LogP contribution in [0.3, 0.4) is 0 Å². The van der Waals surface area contributed by atoms with Crippen LogP contribution in [0.15, 0.2) is 0 Å². The van der Waals surface area contributed by atoms with E-state index in [0.717, 1.165) is 5.92 Å². The van der Waals surface area contributed by atoms with Crippen molar-refractivity contribution in [1.82, 2.24) is 4.90 Å². The van der Waals surface area contributed by atoms with E-state index < -0.39 is 0 Å². The number of hydrogen-bond donors (Lipinski definition) is 2. The molecular weight excluding hydrogens is 286 g/mol. The number of hydrogen-bond acceptors (Lipinski definition) is 3. The standard InChI is InChI=1S/C7H13N.Ce.H2OS/c1-4-8-5-2-7(1)3-6-8;;1-2/h7H,1-6H2;;1-2H. The fourth-order valence-corrected chi connectivity index (χ4v) is 1.86. The normalized spacial score (nSPS) is 33.3. The summed E-state index contributed by atoms with van der Waals surface area (Å²) in [4.78, 5) is 2.58. The summed E-state index contributed by atoms with van der Waals surface area (Å²) in [6.45, 7) is 4.18. The minimum atomic E-state index is 0. The molecule has 0 atom stereocenters. The largest absolute Gasteiger partial charge is 0.333 e. The molecule has 64 valence electrons. The van der Waals surface area contributed by atoms with E-state index in [4.69, 9.17) is 4.55 Å². The molecule has 11 heavy (non-hydrogen) atoms. The molecule has 1 N–H and O–H groups in total. The van der Waals surface area contributed by atoms with Gasteiger partial charge in [-0.25, -0.2) is 0 Å². The van der Waals surface area contributed by atoms with Crippen molar-refractivity contribution in [3.8, 4) is 0 Å². The summed E-state index contributed by atoms with van der Waals surface area (Å²) in [6, 6.07) is 0. The maximum absolute atomic E-state index is 6.69. The van der Waals surface area contributed by atoms with Crippen LogP contribution >= 0.6 is 12.9 Å². The Kier molecular flexibility index (Phi) is 8.15. The van der Waals surface area contributed by atoms with Gasteiger partial charge in [0.1, 0.15) is 0 Å². The van der Waals surface area contributed by atoms with E-state index in [0.29, 0.717) is 0 Å². The molecule has 0 aromatic carbocycles. The molecule has 0 saturated carbocycles. The summed E-state index contributed by atoms with van der Waals surface area (Å²) in [5.41, 5.74) is 0. The van der Waals surface area contributed by atoms with Crippen molar-refractivity contribution in [2.45, 2.75) is 19.3 Å². The minimum absolute atomic E-state index is 0. The molecule has 0 unspecified atom stereocenters. The Labute approximate surface area is 108 Å². The van der Waals surface area contributed by atoms with Gasteiger partial charge in [0.05, 0.1) is 0 Å². The van der Waals surface area contributed by atoms with Gasteiger partial charge in [0.2, 0.25) is 0 Å². The molecule has 3 fully saturated rings. The Morgan fingerprint density at radius 3 is 1.45 bits per heavy atom. The molecule has 3 heterocycles. The second-order valence-corrected chi connectivity index (χ2v) is 3.07. The van der Waals surface area contributed by atoms with Crippen molar-refractivity contribution in [3.05, 3.63) is 0 Å². The smallest absolute Gasteiger partial charge is 0 e. The summed E-state index contributed by atoms with van der Waals surface area (Å²) in [5, 5.41) is 0. The van der Waals surface area contributed by atoms with Crippen LogP contribution in [0, 0.1) is 47.7 Å². The molecule has 3 saturated heterocycles. The topological polar surface area (TPSA) is 23.5 Å². The molecule has 0 aromatic rings. The van der Waals surface area contributed by atoms with Crippen LogP contribution in [-0.4, -0.2) is 29.1 Å². The van der Waals surface area contributed by atoms with E-state index >= 15 is 0 Å². The molecule has 0 aromatic heterocycles. The van der Waals surface area contributed by atoms with Gasteiger partial charge in [-0.15, -0.1) is 0 Å². The van der Waals surface area contributed by atoms with Gasteiger partial charge < -0.3 is 9.45 Å². The Hall–Kier alpha value is 1.65. The first-order valence-corrected chi connectivity index (χ1v) is 4.27. The van der Waals surface area contributed by atoms with E-state index in [-0.39, 0.29) is 41.7 Å². The maximum atomic E-state index is 6.69. The molecule has 4 heteroatoms. The predicted molar refractivity (Wildman–Crippen MR) is 45.4 cm³/mol. The zero-order valence-electron chi connectivity index (χ0n) is 6.66. The number of fused-ring (bicyclic) bond motifs is 3. The molecule has 0 spiro atoms. The minimum Gasteiger partial charge on any atom is -0.333 e. The van der Waals surface area contributed by atoms with Crippen LogP contribution in [-0.2, 0) is 0 Å². The van der Waals surface area contributed by atoms with Gasteiger partial charge in [-0.3, -0.25) is 0 Å². The zero-order chi connectivity index (χ0) is 7.40. The van der Waals surface area contributed by atoms with Gasteiger partial charge in [-0.2, -0.15) is 0 Å². The maximum Gasteiger partial charge on any atom is 0 e. The molecule has 0 aliphatic carbocycles. The monoisotopic (exact) mass is 301 g/mol. The van der Waals surface area contributed by atoms with Crippen LogP contribution in [0.4, 0.5) is 0 Å². The fourth-order valence-electron chi connectivity index (χ4n) is 1.86. The molecule has 2 nitrogen and oxygen atoms in total. The van der Waals surface area contributed by atoms with Crippen LogP contribution in [0.1, 0.15) is 19.3 Å². The molecule has 2 bridgehead atoms. The number of rotatable bonds is 0. The van der Waals surface area contributed by atoms with Crippen molar-refractivity contribution in [2.75, 3.05) is 19.6 Å². The number of nitrogens with zero attached hydrogens (tertiary/aromatic N) is 1. The third-order valence-electron chi connectivity index (χ3n) is 2.56. The van der Waals surface area contributed by atoms with Gasteiger partial charge in [0.25, 0.3) is 0 Å². The quantitative estimate of drug-likeness (QED) is 0.523. The third kappa shape index (κ3) is 3.91. The molecule has 3 rings (SSSR count). The first kappa shape index (κ1) is 12.6. The van der Waals surface area contributed by atoms with Crippen molar-refractivity contribution in [3.63, 3.8) is 0 Å². The summed E-state index contributed by atoms with van der Waals surface area (Å²) in [6.07, 6.45) is 4.46. The van der Waals surface area contributed by atoms with Crippen molar-refractivity contribution in [2.24, 2.45) is 5.92 Å². The summed E-state index contributed by atoms with van der Waals surface area (Å²) >= 11 is 2.53. The Balaban J connectivity index is 0.000000311. The summed E-state index contributed by atoms with van der Waals surface area (Å²) in [7, 11) is 0. The van der Waals surface area contributed by atoms with Crippen LogP contribution in [0.5, 0.6) is 0 Å². The molecule has 3 aliphatic heterocycles. The second kappa shape index (κ2) is 7.09. The Bertz CT molecular complexity index is 73.4. The second-order valence-electron chi connectivity index (χ2n) is 3.07. The zero-order valence-corrected chi connectivity index (χ0v) is 10.7. The van der Waals surface area contributed by atoms with E-state index in [9.17, 15) is 0 Å². The van der Waals surface area contributed by atoms with E-state index in [1.165, 1.54) is 38.9 Å². The fraction of sp³-hybridized carbons (Fsp3) is 1.00. The average molecular weight is 301 g/mol. The van der Waals surface area contributed by atoms with E-state index in [2.05, 4.69) is 17.8 Å². The van der Waals surface area contributed by atoms with Crippen molar-refractivity contribution in [1.29, 1.82) is 0 Å². The van der Waals surface area contributed by atoms with Crippen molar-refractivity contribution >= 4 is 12.9 Å². The predicted octanol–water partition coefficient (Wildman–Crippen LogP) is 1.49. The van der Waals surface area contributed by atoms with Crippen LogP contribution < -0.4 is 0 Å². The van der Waals surface area contributed by atoms with Gasteiger partial charge in [-0.1, -0.05) is 0 Å². The third-order valence-corrected chi connectivity index (χ3v) is 2.56. The summed E-state index contributed by atoms with van der Waals surface area (Å²) < 4.78 is 6.69. The van der Waals surface area contributed by atoms with Gasteiger partial charge in [0, 0.05) is 41.7 Å². The van der Waals surface area contributed by atoms with Crippen LogP contribution in [0.2, 0.25) is 0 Å². The Morgan fingerprint density at radius 2 is 1.36 bits per heavy atom. The molecule has 3 aliphatic rings. The van der Waals surface area contributed by atoms with Gasteiger partial charge in [0.15, 0.2) is 0 Å². The Morgan fingerprint density at radius 1 is 1.00 bits per heavy atom. The van der Waals surface area contributed by atoms with E-state index in [1.54, 1.807) is 0 Å². The first-order valence-electron chi connectivity index (χ1n) is 3.87. The summed E-state index contributed by atoms with van der Waals surface area (Å²) in [5.74, 6) is 1.11. The van der Waals surface area contributed by atoms with Crippen LogP contribution in [0.25, 0.3) is 0 Å².